The third-order valence-electron chi connectivity index (χ3n) is 6.49. The Balaban J connectivity index is 1.14. The van der Waals surface area contributed by atoms with Gasteiger partial charge in [-0.25, -0.2) is 8.42 Å². The fourth-order valence-corrected chi connectivity index (χ4v) is 7.63. The molecule has 2 aliphatic rings. The van der Waals surface area contributed by atoms with Crippen LogP contribution in [0, 0.1) is 5.92 Å². The van der Waals surface area contributed by atoms with Crippen molar-refractivity contribution in [1.82, 2.24) is 14.2 Å². The number of rotatable bonds is 5. The molecule has 6 nitrogen and oxygen atoms in total. The van der Waals surface area contributed by atoms with Gasteiger partial charge in [0.25, 0.3) is 10.0 Å². The van der Waals surface area contributed by atoms with Gasteiger partial charge >= 0.3 is 0 Å². The molecule has 0 saturated carbocycles. The number of thiophene rings is 1. The number of piperidine rings is 1. The number of hydrogen-bond donors (Lipinski definition) is 0. The molecule has 0 radical (unpaired) electrons. The quantitative estimate of drug-likeness (QED) is 0.588. The van der Waals surface area contributed by atoms with Crippen molar-refractivity contribution in [1.29, 1.82) is 0 Å². The molecule has 0 amide bonds. The summed E-state index contributed by atoms with van der Waals surface area (Å²) >= 11 is 1.37. The first-order valence-corrected chi connectivity index (χ1v) is 13.2. The third-order valence-corrected chi connectivity index (χ3v) is 9.95. The molecule has 3 aromatic rings. The Morgan fingerprint density at radius 1 is 0.935 bits per heavy atom. The van der Waals surface area contributed by atoms with E-state index in [1.807, 2.05) is 42.7 Å². The second-order valence-electron chi connectivity index (χ2n) is 8.44. The normalized spacial score (nSPS) is 19.8. The van der Waals surface area contributed by atoms with Crippen molar-refractivity contribution in [2.24, 2.45) is 5.92 Å². The van der Waals surface area contributed by atoms with Crippen LogP contribution in [0.15, 0.2) is 59.1 Å². The number of aromatic nitrogens is 1. The Bertz CT molecular complexity index is 1080. The van der Waals surface area contributed by atoms with E-state index >= 15 is 0 Å². The molecule has 4 heterocycles. The van der Waals surface area contributed by atoms with Gasteiger partial charge in [0.2, 0.25) is 0 Å². The van der Waals surface area contributed by atoms with E-state index in [-0.39, 0.29) is 0 Å². The molecule has 8 heteroatoms. The van der Waals surface area contributed by atoms with Crippen LogP contribution >= 0.6 is 11.3 Å². The first-order valence-electron chi connectivity index (χ1n) is 11.0. The summed E-state index contributed by atoms with van der Waals surface area (Å²) in [5.74, 6) is 0.684. The Labute approximate surface area is 188 Å². The van der Waals surface area contributed by atoms with Crippen molar-refractivity contribution >= 4 is 37.1 Å². The lowest BCUT2D eigenvalue weighted by Gasteiger charge is -2.38. The minimum absolute atomic E-state index is 0.464. The summed E-state index contributed by atoms with van der Waals surface area (Å²) < 4.78 is 29.4. The zero-order chi connectivity index (χ0) is 21.3. The van der Waals surface area contributed by atoms with E-state index in [0.717, 1.165) is 42.8 Å². The molecule has 31 heavy (non-hydrogen) atoms. The molecular formula is C23H28N4O2S2. The van der Waals surface area contributed by atoms with Crippen molar-refractivity contribution in [3.05, 3.63) is 54.9 Å². The van der Waals surface area contributed by atoms with Crippen LogP contribution in [-0.2, 0) is 10.0 Å². The lowest BCUT2D eigenvalue weighted by molar-refractivity contribution is 0.155. The second kappa shape index (κ2) is 8.86. The minimum Gasteiger partial charge on any atom is -0.371 e. The maximum Gasteiger partial charge on any atom is 0.252 e. The van der Waals surface area contributed by atoms with Crippen molar-refractivity contribution in [3.63, 3.8) is 0 Å². The molecule has 0 spiro atoms. The topological polar surface area (TPSA) is 56.8 Å². The van der Waals surface area contributed by atoms with Crippen molar-refractivity contribution < 1.29 is 8.42 Å². The van der Waals surface area contributed by atoms with Crippen LogP contribution in [-0.4, -0.2) is 68.4 Å². The molecule has 0 bridgehead atoms. The Morgan fingerprint density at radius 2 is 1.65 bits per heavy atom. The number of benzene rings is 1. The van der Waals surface area contributed by atoms with Gasteiger partial charge in [0.15, 0.2) is 0 Å². The fourth-order valence-electron chi connectivity index (χ4n) is 4.66. The van der Waals surface area contributed by atoms with Crippen LogP contribution in [0.2, 0.25) is 0 Å². The molecule has 2 aliphatic heterocycles. The predicted molar refractivity (Wildman–Crippen MR) is 126 cm³/mol. The van der Waals surface area contributed by atoms with Crippen LogP contribution in [0.5, 0.6) is 0 Å². The summed E-state index contributed by atoms with van der Waals surface area (Å²) in [4.78, 5) is 8.99. The maximum atomic E-state index is 13.1. The standard InChI is InChI=1S/C23H28N4O2S2/c28-31(29,23-17-20-3-1-2-4-22(20)30-23)27-15-13-25(14-16-27)18-19-7-11-26(12-8-19)21-5-9-24-10-6-21/h1-6,9-10,17,19H,7-8,11-16,18H2. The zero-order valence-corrected chi connectivity index (χ0v) is 19.2. The first kappa shape index (κ1) is 20.9. The average molecular weight is 457 g/mol. The Kier molecular flexibility index (Phi) is 5.97. The van der Waals surface area contributed by atoms with Gasteiger partial charge < -0.3 is 9.80 Å². The van der Waals surface area contributed by atoms with E-state index in [1.165, 1.54) is 29.9 Å². The highest BCUT2D eigenvalue weighted by Gasteiger charge is 2.31. The first-order chi connectivity index (χ1) is 15.1. The molecule has 2 fully saturated rings. The number of piperazine rings is 1. The van der Waals surface area contributed by atoms with Gasteiger partial charge in [-0.1, -0.05) is 18.2 Å². The highest BCUT2D eigenvalue weighted by molar-refractivity contribution is 7.91. The Morgan fingerprint density at radius 3 is 2.35 bits per heavy atom. The number of hydrogen-bond acceptors (Lipinski definition) is 6. The lowest BCUT2D eigenvalue weighted by atomic mass is 9.95. The summed E-state index contributed by atoms with van der Waals surface area (Å²) in [6.07, 6.45) is 6.08. The predicted octanol–water partition coefficient (Wildman–Crippen LogP) is 3.52. The van der Waals surface area contributed by atoms with E-state index in [9.17, 15) is 8.42 Å². The van der Waals surface area contributed by atoms with Crippen LogP contribution in [0.3, 0.4) is 0 Å². The van der Waals surface area contributed by atoms with Crippen LogP contribution in [0.25, 0.3) is 10.1 Å². The number of nitrogens with zero attached hydrogens (tertiary/aromatic N) is 4. The molecule has 2 saturated heterocycles. The molecular weight excluding hydrogens is 428 g/mol. The largest absolute Gasteiger partial charge is 0.371 e. The van der Waals surface area contributed by atoms with E-state index in [0.29, 0.717) is 23.2 Å². The number of sulfonamides is 1. The number of fused-ring (bicyclic) bond motifs is 1. The van der Waals surface area contributed by atoms with Gasteiger partial charge in [-0.2, -0.15) is 4.31 Å². The van der Waals surface area contributed by atoms with Crippen LogP contribution in [0.1, 0.15) is 12.8 Å². The van der Waals surface area contributed by atoms with Gasteiger partial charge in [0, 0.05) is 68.6 Å². The molecule has 5 rings (SSSR count). The van der Waals surface area contributed by atoms with Gasteiger partial charge in [-0.05, 0) is 48.4 Å². The maximum absolute atomic E-state index is 13.1. The SMILES string of the molecule is O=S(=O)(c1cc2ccccc2s1)N1CCN(CC2CCN(c3ccncc3)CC2)CC1. The van der Waals surface area contributed by atoms with Gasteiger partial charge in [0.05, 0.1) is 0 Å². The van der Waals surface area contributed by atoms with E-state index in [2.05, 4.69) is 26.9 Å². The molecule has 0 N–H and O–H groups in total. The van der Waals surface area contributed by atoms with Crippen molar-refractivity contribution in [3.8, 4) is 0 Å². The summed E-state index contributed by atoms with van der Waals surface area (Å²) in [6.45, 7) is 6.01. The van der Waals surface area contributed by atoms with Crippen LogP contribution < -0.4 is 4.90 Å². The van der Waals surface area contributed by atoms with Crippen LogP contribution in [0.4, 0.5) is 5.69 Å². The summed E-state index contributed by atoms with van der Waals surface area (Å²) in [6, 6.07) is 13.8. The molecule has 0 atom stereocenters. The molecule has 0 unspecified atom stereocenters. The molecule has 164 valence electrons. The highest BCUT2D eigenvalue weighted by atomic mass is 32.2. The monoisotopic (exact) mass is 456 g/mol. The fraction of sp³-hybridized carbons (Fsp3) is 0.435. The highest BCUT2D eigenvalue weighted by Crippen LogP contribution is 2.31. The van der Waals surface area contributed by atoms with Gasteiger partial charge in [-0.15, -0.1) is 11.3 Å². The molecule has 1 aromatic carbocycles. The minimum atomic E-state index is -3.40. The van der Waals surface area contributed by atoms with Gasteiger partial charge in [0.1, 0.15) is 4.21 Å². The third kappa shape index (κ3) is 4.48. The lowest BCUT2D eigenvalue weighted by Crippen LogP contribution is -2.50. The zero-order valence-electron chi connectivity index (χ0n) is 17.6. The molecule has 2 aromatic heterocycles. The summed E-state index contributed by atoms with van der Waals surface area (Å²) in [7, 11) is -3.40. The molecule has 0 aliphatic carbocycles. The van der Waals surface area contributed by atoms with Gasteiger partial charge in [-0.3, -0.25) is 4.98 Å². The van der Waals surface area contributed by atoms with E-state index < -0.39 is 10.0 Å². The second-order valence-corrected chi connectivity index (χ2v) is 11.7. The average Bonchev–Trinajstić information content (AvgIpc) is 3.26. The number of pyridine rings is 1. The Hall–Kier alpha value is -2.00. The van der Waals surface area contributed by atoms with Crippen molar-refractivity contribution in [2.45, 2.75) is 17.1 Å². The summed E-state index contributed by atoms with van der Waals surface area (Å²) in [5.41, 5.74) is 1.26. The van der Waals surface area contributed by atoms with E-state index in [4.69, 9.17) is 0 Å². The van der Waals surface area contributed by atoms with E-state index in [1.54, 1.807) is 4.31 Å². The summed E-state index contributed by atoms with van der Waals surface area (Å²) in [5, 5.41) is 1.00. The smallest absolute Gasteiger partial charge is 0.252 e. The van der Waals surface area contributed by atoms with Crippen molar-refractivity contribution in [2.75, 3.05) is 50.7 Å². The number of anilines is 1.